The lowest BCUT2D eigenvalue weighted by molar-refractivity contribution is -0.127. The van der Waals surface area contributed by atoms with Gasteiger partial charge in [0.15, 0.2) is 4.80 Å². The Bertz CT molecular complexity index is 1870. The van der Waals surface area contributed by atoms with E-state index in [4.69, 9.17) is 19.2 Å². The molecule has 0 bridgehead atoms. The molecule has 9 heteroatoms. The first-order chi connectivity index (χ1) is 21.3. The molecule has 0 aliphatic carbocycles. The van der Waals surface area contributed by atoms with Gasteiger partial charge in [-0.15, -0.1) is 0 Å². The number of aryl methyl sites for hydroxylation is 1. The van der Waals surface area contributed by atoms with Crippen molar-refractivity contribution < 1.29 is 19.0 Å². The molecule has 1 aromatic heterocycles. The fourth-order valence-electron chi connectivity index (χ4n) is 5.29. The van der Waals surface area contributed by atoms with Crippen LogP contribution in [0.2, 0.25) is 0 Å². The first-order valence-electron chi connectivity index (χ1n) is 14.6. The second-order valence-corrected chi connectivity index (χ2v) is 11.5. The molecule has 0 radical (unpaired) electrons. The number of aromatic nitrogens is 1. The molecule has 1 aliphatic rings. The lowest BCUT2D eigenvalue weighted by Crippen LogP contribution is -2.43. The highest BCUT2D eigenvalue weighted by Gasteiger charge is 2.36. The number of nitrogens with zero attached hydrogens (tertiary/aromatic N) is 3. The summed E-state index contributed by atoms with van der Waals surface area (Å²) in [7, 11) is 3.16. The van der Waals surface area contributed by atoms with Gasteiger partial charge in [0, 0.05) is 18.7 Å². The Kier molecular flexibility index (Phi) is 9.35. The third-order valence-electron chi connectivity index (χ3n) is 7.74. The maximum atomic E-state index is 14.1. The van der Waals surface area contributed by atoms with Gasteiger partial charge in [0.2, 0.25) is 0 Å². The summed E-state index contributed by atoms with van der Waals surface area (Å²) in [4.78, 5) is 35.1. The number of fused-ring (bicyclic) bond motifs is 1. The van der Waals surface area contributed by atoms with Crippen molar-refractivity contribution in [1.82, 2.24) is 9.47 Å². The molecule has 44 heavy (non-hydrogen) atoms. The van der Waals surface area contributed by atoms with Crippen LogP contribution in [0.4, 0.5) is 0 Å². The molecule has 0 saturated heterocycles. The number of allylic oxidation sites excluding steroid dienone is 1. The summed E-state index contributed by atoms with van der Waals surface area (Å²) in [6.45, 7) is 9.29. The van der Waals surface area contributed by atoms with E-state index in [0.717, 1.165) is 16.9 Å². The first-order valence-corrected chi connectivity index (χ1v) is 15.4. The van der Waals surface area contributed by atoms with Crippen molar-refractivity contribution in [3.63, 3.8) is 0 Å². The summed E-state index contributed by atoms with van der Waals surface area (Å²) in [5, 5.41) is 0. The molecule has 5 rings (SSSR count). The number of benzene rings is 3. The van der Waals surface area contributed by atoms with Gasteiger partial charge >= 0.3 is 0 Å². The standard InChI is InChI=1S/C35H37N3O5S/c1-7-37(8-2)34(40)31-23(4)36-35-38(32(31)28-20-27(41-5)17-18-29(28)42-6)33(39)30(44-35)19-24-13-15-26(16-14-24)43-21-25-11-9-22(3)10-12-25/h9-20,32H,7-8,21H2,1-6H3/b30-19+/t32-/m1/s1. The van der Waals surface area contributed by atoms with Crippen molar-refractivity contribution in [1.29, 1.82) is 0 Å². The second-order valence-electron chi connectivity index (χ2n) is 10.5. The second kappa shape index (κ2) is 13.3. The van der Waals surface area contributed by atoms with E-state index in [1.807, 2.05) is 57.2 Å². The Morgan fingerprint density at radius 3 is 2.27 bits per heavy atom. The monoisotopic (exact) mass is 611 g/mol. The molecule has 0 unspecified atom stereocenters. The predicted octanol–water partition coefficient (Wildman–Crippen LogP) is 5.01. The third-order valence-corrected chi connectivity index (χ3v) is 8.72. The average molecular weight is 612 g/mol. The van der Waals surface area contributed by atoms with E-state index in [9.17, 15) is 9.59 Å². The van der Waals surface area contributed by atoms with Crippen LogP contribution in [0.1, 0.15) is 49.1 Å². The van der Waals surface area contributed by atoms with Crippen LogP contribution < -0.4 is 29.1 Å². The topological polar surface area (TPSA) is 82.4 Å². The molecule has 0 saturated carbocycles. The lowest BCUT2D eigenvalue weighted by atomic mass is 9.93. The van der Waals surface area contributed by atoms with Crippen molar-refractivity contribution in [2.24, 2.45) is 4.99 Å². The third kappa shape index (κ3) is 6.19. The van der Waals surface area contributed by atoms with Gasteiger partial charge in [-0.3, -0.25) is 14.2 Å². The van der Waals surface area contributed by atoms with Crippen LogP contribution >= 0.6 is 11.3 Å². The molecule has 0 spiro atoms. The zero-order chi connectivity index (χ0) is 31.4. The van der Waals surface area contributed by atoms with Crippen molar-refractivity contribution in [3.05, 3.63) is 120 Å². The molecule has 3 aromatic carbocycles. The van der Waals surface area contributed by atoms with E-state index >= 15 is 0 Å². The molecular formula is C35H37N3O5S. The minimum Gasteiger partial charge on any atom is -0.497 e. The quantitative estimate of drug-likeness (QED) is 0.252. The number of methoxy groups -OCH3 is 2. The SMILES string of the molecule is CCN(CC)C(=O)C1=C(C)N=c2s/c(=C/c3ccc(OCc4ccc(C)cc4)cc3)c(=O)n2[C@@H]1c1cc(OC)ccc1OC. The van der Waals surface area contributed by atoms with Crippen LogP contribution in [-0.2, 0) is 11.4 Å². The number of thiazole rings is 1. The van der Waals surface area contributed by atoms with Gasteiger partial charge in [0.1, 0.15) is 29.9 Å². The molecule has 0 N–H and O–H groups in total. The highest BCUT2D eigenvalue weighted by Crippen LogP contribution is 2.38. The van der Waals surface area contributed by atoms with Gasteiger partial charge in [-0.25, -0.2) is 4.99 Å². The molecule has 1 atom stereocenters. The van der Waals surface area contributed by atoms with E-state index in [2.05, 4.69) is 31.2 Å². The summed E-state index contributed by atoms with van der Waals surface area (Å²) in [6, 6.07) is 20.5. The number of rotatable bonds is 10. The Hall–Kier alpha value is -4.63. The van der Waals surface area contributed by atoms with Crippen molar-refractivity contribution in [2.45, 2.75) is 40.3 Å². The van der Waals surface area contributed by atoms with E-state index in [1.165, 1.54) is 16.9 Å². The lowest BCUT2D eigenvalue weighted by Gasteiger charge is -2.30. The Labute approximate surface area is 261 Å². The van der Waals surface area contributed by atoms with E-state index in [0.29, 0.717) is 57.4 Å². The van der Waals surface area contributed by atoms with Gasteiger partial charge in [-0.05, 0) is 75.2 Å². The molecule has 2 heterocycles. The molecule has 4 aromatic rings. The Balaban J connectivity index is 1.56. The van der Waals surface area contributed by atoms with Crippen LogP contribution in [0.5, 0.6) is 17.2 Å². The number of amides is 1. The fourth-order valence-corrected chi connectivity index (χ4v) is 6.33. The molecule has 0 fully saturated rings. The maximum absolute atomic E-state index is 14.1. The zero-order valence-corrected chi connectivity index (χ0v) is 26.7. The van der Waals surface area contributed by atoms with Gasteiger partial charge in [0.25, 0.3) is 11.5 Å². The molecule has 228 valence electrons. The summed E-state index contributed by atoms with van der Waals surface area (Å²) in [5.41, 5.74) is 4.58. The fraction of sp³-hybridized carbons (Fsp3) is 0.286. The average Bonchev–Trinajstić information content (AvgIpc) is 3.34. The van der Waals surface area contributed by atoms with Gasteiger partial charge < -0.3 is 19.1 Å². The number of carbonyl (C=O) groups excluding carboxylic acids is 1. The molecule has 8 nitrogen and oxygen atoms in total. The van der Waals surface area contributed by atoms with Gasteiger partial charge in [-0.1, -0.05) is 53.3 Å². The van der Waals surface area contributed by atoms with Gasteiger partial charge in [-0.2, -0.15) is 0 Å². The molecular weight excluding hydrogens is 574 g/mol. The maximum Gasteiger partial charge on any atom is 0.271 e. The van der Waals surface area contributed by atoms with E-state index in [-0.39, 0.29) is 11.5 Å². The van der Waals surface area contributed by atoms with Crippen molar-refractivity contribution >= 4 is 23.3 Å². The van der Waals surface area contributed by atoms with Crippen LogP contribution in [0.25, 0.3) is 6.08 Å². The van der Waals surface area contributed by atoms with Crippen LogP contribution in [-0.4, -0.2) is 42.7 Å². The number of carbonyl (C=O) groups is 1. The Morgan fingerprint density at radius 1 is 0.955 bits per heavy atom. The number of hydrogen-bond donors (Lipinski definition) is 0. The Morgan fingerprint density at radius 2 is 1.64 bits per heavy atom. The predicted molar refractivity (Wildman–Crippen MR) is 173 cm³/mol. The zero-order valence-electron chi connectivity index (χ0n) is 25.9. The smallest absolute Gasteiger partial charge is 0.271 e. The number of ether oxygens (including phenoxy) is 3. The molecule has 1 aliphatic heterocycles. The summed E-state index contributed by atoms with van der Waals surface area (Å²) in [5.74, 6) is 1.72. The summed E-state index contributed by atoms with van der Waals surface area (Å²) < 4.78 is 19.3. The highest BCUT2D eigenvalue weighted by atomic mass is 32.1. The normalized spacial score (nSPS) is 14.6. The van der Waals surface area contributed by atoms with Crippen LogP contribution in [0.15, 0.2) is 87.8 Å². The first kappa shape index (κ1) is 30.8. The minimum absolute atomic E-state index is 0.165. The largest absolute Gasteiger partial charge is 0.497 e. The molecule has 1 amide bonds. The van der Waals surface area contributed by atoms with E-state index in [1.54, 1.807) is 35.8 Å². The van der Waals surface area contributed by atoms with Crippen molar-refractivity contribution in [3.8, 4) is 17.2 Å². The minimum atomic E-state index is -0.746. The van der Waals surface area contributed by atoms with Crippen molar-refractivity contribution in [2.75, 3.05) is 27.3 Å². The van der Waals surface area contributed by atoms with Crippen LogP contribution in [0, 0.1) is 6.92 Å². The summed E-state index contributed by atoms with van der Waals surface area (Å²) in [6.07, 6.45) is 1.85. The van der Waals surface area contributed by atoms with Gasteiger partial charge in [0.05, 0.1) is 30.0 Å². The van der Waals surface area contributed by atoms with Crippen LogP contribution in [0.3, 0.4) is 0 Å². The number of likely N-dealkylation sites (N-methyl/N-ethyl adjacent to an activating group) is 1. The highest BCUT2D eigenvalue weighted by molar-refractivity contribution is 7.07. The summed E-state index contributed by atoms with van der Waals surface area (Å²) >= 11 is 1.29. The number of hydrogen-bond acceptors (Lipinski definition) is 7. The van der Waals surface area contributed by atoms with E-state index < -0.39 is 6.04 Å².